The average Bonchev–Trinajstić information content (AvgIpc) is 1.68. The fraction of sp³-hybridized carbons (Fsp3) is 0.500. The summed E-state index contributed by atoms with van der Waals surface area (Å²) < 4.78 is 7.93. The summed E-state index contributed by atoms with van der Waals surface area (Å²) in [6, 6.07) is 0. The van der Waals surface area contributed by atoms with E-state index in [1.165, 1.54) is 7.11 Å². The van der Waals surface area contributed by atoms with Gasteiger partial charge < -0.3 is 4.74 Å². The number of nitrogens with one attached hydrogen (secondary N) is 1. The van der Waals surface area contributed by atoms with Gasteiger partial charge in [0.05, 0.1) is 7.11 Å². The number of carbonyl (C=O) groups excluding carboxylic acids is 1. The summed E-state index contributed by atoms with van der Waals surface area (Å²) in [5.41, 5.74) is 1.80. The van der Waals surface area contributed by atoms with Crippen LogP contribution in [0.4, 0.5) is 4.79 Å². The molecule has 0 spiro atoms. The van der Waals surface area contributed by atoms with Gasteiger partial charge in [-0.05, 0) is 0 Å². The molecule has 0 fully saturated rings. The highest BCUT2D eigenvalue weighted by molar-refractivity contribution is 7.75. The molecule has 0 saturated carbocycles. The van der Waals surface area contributed by atoms with E-state index >= 15 is 0 Å². The van der Waals surface area contributed by atoms with E-state index in [1.807, 2.05) is 0 Å². The van der Waals surface area contributed by atoms with Gasteiger partial charge in [0, 0.05) is 12.9 Å². The monoisotopic (exact) mass is 123 g/mol. The van der Waals surface area contributed by atoms with Crippen molar-refractivity contribution in [2.45, 2.75) is 0 Å². The molecular weight excluding hydrogens is 118 g/mol. The van der Waals surface area contributed by atoms with E-state index in [4.69, 9.17) is 0 Å². The number of hydrogen-bond donors (Lipinski definition) is 2. The number of rotatable bonds is 1. The number of carbonyl (C=O) groups is 1. The molecule has 0 rings (SSSR count). The van der Waals surface area contributed by atoms with E-state index in [2.05, 4.69) is 21.9 Å². The number of ether oxygens (including phenoxy) is 1. The van der Waals surface area contributed by atoms with Crippen LogP contribution in [0.5, 0.6) is 0 Å². The second-order valence-electron chi connectivity index (χ2n) is 0.685. The Balaban J connectivity index is 3.00. The van der Waals surface area contributed by atoms with Crippen molar-refractivity contribution in [2.75, 3.05) is 7.11 Å². The van der Waals surface area contributed by atoms with Crippen LogP contribution in [0.15, 0.2) is 0 Å². The Morgan fingerprint density at radius 3 is 2.57 bits per heavy atom. The van der Waals surface area contributed by atoms with Crippen LogP contribution >= 0.6 is 12.9 Å². The lowest BCUT2D eigenvalue weighted by Crippen LogP contribution is -2.18. The number of thiol groups is 1. The molecule has 0 radical (unpaired) electrons. The first-order valence-corrected chi connectivity index (χ1v) is 1.82. The van der Waals surface area contributed by atoms with Crippen molar-refractivity contribution in [3.63, 3.8) is 0 Å². The van der Waals surface area contributed by atoms with E-state index in [9.17, 15) is 4.79 Å². The first kappa shape index (κ1) is 6.58. The molecule has 0 aliphatic carbocycles. The van der Waals surface area contributed by atoms with Crippen molar-refractivity contribution in [2.24, 2.45) is 0 Å². The Bertz CT molecular complexity index is 66.0. The largest absolute Gasteiger partial charge is 0.451 e. The molecule has 0 atom stereocenters. The third kappa shape index (κ3) is 3.41. The van der Waals surface area contributed by atoms with E-state index in [-0.39, 0.29) is 0 Å². The number of hydroxylamine groups is 1. The van der Waals surface area contributed by atoms with Crippen LogP contribution in [0.2, 0.25) is 0 Å². The van der Waals surface area contributed by atoms with Crippen LogP contribution in [0.3, 0.4) is 0 Å². The molecular formula is C2H5NO3S. The standard InChI is InChI=1S/C2H5NO3S/c1-5-2(4)3-6-7/h7H,1H3,(H,3,4). The molecule has 1 N–H and O–H groups in total. The molecule has 0 aliphatic heterocycles. The van der Waals surface area contributed by atoms with Gasteiger partial charge in [0.25, 0.3) is 0 Å². The van der Waals surface area contributed by atoms with E-state index in [0.29, 0.717) is 0 Å². The third-order valence-electron chi connectivity index (χ3n) is 0.314. The van der Waals surface area contributed by atoms with Gasteiger partial charge in [-0.1, -0.05) is 0 Å². The molecule has 1 amide bonds. The molecule has 7 heavy (non-hydrogen) atoms. The van der Waals surface area contributed by atoms with Crippen LogP contribution in [0.25, 0.3) is 0 Å². The minimum absolute atomic E-state index is 0.671. The van der Waals surface area contributed by atoms with Crippen molar-refractivity contribution in [3.8, 4) is 0 Å². The molecule has 0 aliphatic rings. The first-order valence-electron chi connectivity index (χ1n) is 1.45. The summed E-state index contributed by atoms with van der Waals surface area (Å²) in [6.07, 6.45) is -0.671. The van der Waals surface area contributed by atoms with Gasteiger partial charge in [0.1, 0.15) is 0 Å². The Kier molecular flexibility index (Phi) is 3.53. The molecule has 0 aromatic heterocycles. The third-order valence-corrected chi connectivity index (χ3v) is 0.406. The minimum atomic E-state index is -0.671. The smallest absolute Gasteiger partial charge is 0.431 e. The summed E-state index contributed by atoms with van der Waals surface area (Å²) >= 11 is 3.20. The van der Waals surface area contributed by atoms with Crippen LogP contribution < -0.4 is 5.48 Å². The Hall–Kier alpha value is -0.420. The first-order chi connectivity index (χ1) is 3.31. The van der Waals surface area contributed by atoms with E-state index in [1.54, 1.807) is 5.48 Å². The Morgan fingerprint density at radius 2 is 2.43 bits per heavy atom. The molecule has 0 heterocycles. The maximum Gasteiger partial charge on any atom is 0.431 e. The maximum atomic E-state index is 9.90. The lowest BCUT2D eigenvalue weighted by molar-refractivity contribution is 0.130. The molecule has 0 aromatic rings. The predicted molar refractivity (Wildman–Crippen MR) is 25.6 cm³/mol. The minimum Gasteiger partial charge on any atom is -0.451 e. The lowest BCUT2D eigenvalue weighted by atomic mass is 11.2. The van der Waals surface area contributed by atoms with Crippen LogP contribution in [-0.4, -0.2) is 13.2 Å². The average molecular weight is 123 g/mol. The van der Waals surface area contributed by atoms with E-state index < -0.39 is 6.09 Å². The molecule has 0 saturated heterocycles. The molecule has 0 aromatic carbocycles. The van der Waals surface area contributed by atoms with Gasteiger partial charge in [0.15, 0.2) is 0 Å². The van der Waals surface area contributed by atoms with E-state index in [0.717, 1.165) is 0 Å². The SMILES string of the molecule is COC(=O)NOS. The zero-order chi connectivity index (χ0) is 5.70. The second kappa shape index (κ2) is 3.76. The van der Waals surface area contributed by atoms with Gasteiger partial charge in [-0.25, -0.2) is 9.08 Å². The van der Waals surface area contributed by atoms with Gasteiger partial charge in [-0.2, -0.15) is 5.48 Å². The van der Waals surface area contributed by atoms with Gasteiger partial charge in [-0.15, -0.1) is 0 Å². The van der Waals surface area contributed by atoms with Crippen molar-refractivity contribution in [1.29, 1.82) is 0 Å². The Labute approximate surface area is 46.4 Å². The predicted octanol–water partition coefficient (Wildman–Crippen LogP) is 0.119. The maximum absolute atomic E-state index is 9.90. The summed E-state index contributed by atoms with van der Waals surface area (Å²) in [5.74, 6) is 0. The van der Waals surface area contributed by atoms with Crippen molar-refractivity contribution in [3.05, 3.63) is 0 Å². The normalized spacial score (nSPS) is 7.71. The zero-order valence-corrected chi connectivity index (χ0v) is 4.57. The highest BCUT2D eigenvalue weighted by atomic mass is 32.1. The summed E-state index contributed by atoms with van der Waals surface area (Å²) in [5, 5.41) is 0. The van der Waals surface area contributed by atoms with Crippen molar-refractivity contribution >= 4 is 19.0 Å². The molecule has 5 heteroatoms. The highest BCUT2D eigenvalue weighted by Gasteiger charge is 1.91. The summed E-state index contributed by atoms with van der Waals surface area (Å²) in [6.45, 7) is 0. The van der Waals surface area contributed by atoms with Crippen LogP contribution in [0.1, 0.15) is 0 Å². The number of hydrogen-bond acceptors (Lipinski definition) is 4. The number of methoxy groups -OCH3 is 1. The second-order valence-corrected chi connectivity index (χ2v) is 0.868. The quantitative estimate of drug-likeness (QED) is 0.296. The van der Waals surface area contributed by atoms with Crippen LogP contribution in [-0.2, 0) is 9.02 Å². The van der Waals surface area contributed by atoms with Gasteiger partial charge in [-0.3, -0.25) is 0 Å². The fourth-order valence-electron chi connectivity index (χ4n) is 0.0789. The highest BCUT2D eigenvalue weighted by Crippen LogP contribution is 1.72. The van der Waals surface area contributed by atoms with Crippen molar-refractivity contribution in [1.82, 2.24) is 5.48 Å². The summed E-state index contributed by atoms with van der Waals surface area (Å²) in [7, 11) is 1.22. The fourth-order valence-corrected chi connectivity index (χ4v) is 0.153. The lowest BCUT2D eigenvalue weighted by Gasteiger charge is -1.94. The molecule has 0 unspecified atom stereocenters. The summed E-state index contributed by atoms with van der Waals surface area (Å²) in [4.78, 5) is 9.90. The Morgan fingerprint density at radius 1 is 1.86 bits per heavy atom. The molecule has 0 bridgehead atoms. The van der Waals surface area contributed by atoms with Gasteiger partial charge >= 0.3 is 6.09 Å². The molecule has 4 nitrogen and oxygen atoms in total. The topological polar surface area (TPSA) is 47.6 Å². The van der Waals surface area contributed by atoms with Crippen molar-refractivity contribution < 1.29 is 13.8 Å². The molecule has 42 valence electrons. The van der Waals surface area contributed by atoms with Crippen LogP contribution in [0, 0.1) is 0 Å². The number of amides is 1. The van der Waals surface area contributed by atoms with Gasteiger partial charge in [0.2, 0.25) is 0 Å². The zero-order valence-electron chi connectivity index (χ0n) is 3.67.